The van der Waals surface area contributed by atoms with Crippen LogP contribution in [0.25, 0.3) is 0 Å². The van der Waals surface area contributed by atoms with Gasteiger partial charge in [0.1, 0.15) is 0 Å². The molecule has 3 aliphatic rings. The zero-order valence-corrected chi connectivity index (χ0v) is 21.7. The highest BCUT2D eigenvalue weighted by Gasteiger charge is 2.42. The van der Waals surface area contributed by atoms with Crippen LogP contribution in [-0.4, -0.2) is 75.0 Å². The number of likely N-dealkylation sites (tertiary alicyclic amines) is 1. The number of carbonyl (C=O) groups is 1. The molecule has 0 aromatic carbocycles. The number of nitrogens with zero attached hydrogens (tertiary/aromatic N) is 3. The van der Waals surface area contributed by atoms with Crippen molar-refractivity contribution in [1.82, 2.24) is 20.4 Å². The summed E-state index contributed by atoms with van der Waals surface area (Å²) in [4.78, 5) is 21.7. The van der Waals surface area contributed by atoms with Crippen molar-refractivity contribution < 1.29 is 4.79 Å². The molecular weight excluding hydrogens is 489 g/mol. The third-order valence-electron chi connectivity index (χ3n) is 7.41. The van der Waals surface area contributed by atoms with E-state index in [-0.39, 0.29) is 35.3 Å². The number of halogens is 1. The highest BCUT2D eigenvalue weighted by Crippen LogP contribution is 2.38. The van der Waals surface area contributed by atoms with Gasteiger partial charge in [-0.1, -0.05) is 32.1 Å². The van der Waals surface area contributed by atoms with Gasteiger partial charge in [-0.2, -0.15) is 0 Å². The van der Waals surface area contributed by atoms with Crippen LogP contribution in [0, 0.1) is 11.3 Å². The van der Waals surface area contributed by atoms with Gasteiger partial charge in [-0.25, -0.2) is 0 Å². The van der Waals surface area contributed by atoms with Crippen molar-refractivity contribution in [2.75, 3.05) is 47.3 Å². The van der Waals surface area contributed by atoms with Crippen LogP contribution < -0.4 is 10.6 Å². The second kappa shape index (κ2) is 12.5. The van der Waals surface area contributed by atoms with E-state index in [1.807, 2.05) is 21.1 Å². The molecule has 2 saturated carbocycles. The molecule has 1 amide bonds. The van der Waals surface area contributed by atoms with Crippen molar-refractivity contribution in [1.29, 1.82) is 0 Å². The highest BCUT2D eigenvalue weighted by molar-refractivity contribution is 14.0. The van der Waals surface area contributed by atoms with Crippen LogP contribution in [0.4, 0.5) is 0 Å². The Bertz CT molecular complexity index is 548. The zero-order chi connectivity index (χ0) is 20.7. The molecule has 0 bridgehead atoms. The maximum absolute atomic E-state index is 12.8. The van der Waals surface area contributed by atoms with E-state index in [0.29, 0.717) is 12.6 Å². The van der Waals surface area contributed by atoms with Crippen LogP contribution in [0.2, 0.25) is 0 Å². The molecule has 2 aliphatic carbocycles. The summed E-state index contributed by atoms with van der Waals surface area (Å²) in [5.74, 6) is 2.04. The molecule has 0 aromatic rings. The zero-order valence-electron chi connectivity index (χ0n) is 19.4. The van der Waals surface area contributed by atoms with Crippen molar-refractivity contribution >= 4 is 35.8 Å². The summed E-state index contributed by atoms with van der Waals surface area (Å²) in [5.41, 5.74) is -0.259. The molecule has 0 aromatic heterocycles. The Kier molecular flexibility index (Phi) is 10.7. The summed E-state index contributed by atoms with van der Waals surface area (Å²) >= 11 is 0. The molecule has 1 saturated heterocycles. The number of nitrogens with one attached hydrogen (secondary N) is 2. The smallest absolute Gasteiger partial charge is 0.230 e. The maximum atomic E-state index is 12.8. The second-order valence-corrected chi connectivity index (χ2v) is 9.84. The van der Waals surface area contributed by atoms with Crippen molar-refractivity contribution in [2.45, 2.75) is 76.7 Å². The van der Waals surface area contributed by atoms with Crippen LogP contribution in [-0.2, 0) is 4.79 Å². The van der Waals surface area contributed by atoms with E-state index in [9.17, 15) is 4.79 Å². The van der Waals surface area contributed by atoms with E-state index < -0.39 is 0 Å². The van der Waals surface area contributed by atoms with Gasteiger partial charge < -0.3 is 20.4 Å². The molecule has 174 valence electrons. The standard InChI is InChI=1S/C23H43N5O.HI/c1-24-22(25-18-23(13-7-8-14-23)21(29)27(2)3)26-20-11-15-28(16-12-20)17-19-9-5-4-6-10-19;/h19-20H,4-18H2,1-3H3,(H2,24,25,26);1H. The number of hydrogen-bond acceptors (Lipinski definition) is 3. The monoisotopic (exact) mass is 533 g/mol. The molecule has 0 radical (unpaired) electrons. The predicted octanol–water partition coefficient (Wildman–Crippen LogP) is 3.46. The fourth-order valence-electron chi connectivity index (χ4n) is 5.63. The number of aliphatic imine (C=N–C) groups is 1. The molecule has 1 heterocycles. The lowest BCUT2D eigenvalue weighted by molar-refractivity contribution is -0.138. The number of carbonyl (C=O) groups excluding carboxylic acids is 1. The normalized spacial score (nSPS) is 23.6. The first-order chi connectivity index (χ1) is 14.0. The lowest BCUT2D eigenvalue weighted by Crippen LogP contribution is -2.52. The van der Waals surface area contributed by atoms with E-state index >= 15 is 0 Å². The van der Waals surface area contributed by atoms with E-state index in [1.165, 1.54) is 64.6 Å². The third-order valence-corrected chi connectivity index (χ3v) is 7.41. The lowest BCUT2D eigenvalue weighted by atomic mass is 9.84. The van der Waals surface area contributed by atoms with Crippen LogP contribution in [0.1, 0.15) is 70.6 Å². The van der Waals surface area contributed by atoms with E-state index in [4.69, 9.17) is 0 Å². The first-order valence-corrected chi connectivity index (χ1v) is 11.9. The average Bonchev–Trinajstić information content (AvgIpc) is 3.22. The van der Waals surface area contributed by atoms with E-state index in [1.54, 1.807) is 4.90 Å². The van der Waals surface area contributed by atoms with Gasteiger partial charge in [0.05, 0.1) is 5.41 Å². The Morgan fingerprint density at radius 3 is 2.23 bits per heavy atom. The predicted molar refractivity (Wildman–Crippen MR) is 136 cm³/mol. The summed E-state index contributed by atoms with van der Waals surface area (Å²) in [6.45, 7) is 4.36. The Morgan fingerprint density at radius 2 is 1.67 bits per heavy atom. The number of guanidine groups is 1. The van der Waals surface area contributed by atoms with Crippen LogP contribution in [0.15, 0.2) is 4.99 Å². The number of amides is 1. The van der Waals surface area contributed by atoms with E-state index in [2.05, 4.69) is 20.5 Å². The molecule has 3 fully saturated rings. The van der Waals surface area contributed by atoms with Crippen molar-refractivity contribution in [3.63, 3.8) is 0 Å². The first kappa shape index (κ1) is 25.7. The minimum Gasteiger partial charge on any atom is -0.355 e. The van der Waals surface area contributed by atoms with Crippen molar-refractivity contribution in [3.05, 3.63) is 0 Å². The molecule has 1 aliphatic heterocycles. The molecule has 3 rings (SSSR count). The Morgan fingerprint density at radius 1 is 1.03 bits per heavy atom. The number of piperidine rings is 1. The largest absolute Gasteiger partial charge is 0.355 e. The van der Waals surface area contributed by atoms with Gasteiger partial charge in [0.2, 0.25) is 5.91 Å². The van der Waals surface area contributed by atoms with Gasteiger partial charge in [0.25, 0.3) is 0 Å². The third kappa shape index (κ3) is 6.97. The van der Waals surface area contributed by atoms with Crippen molar-refractivity contribution in [2.24, 2.45) is 16.3 Å². The van der Waals surface area contributed by atoms with Crippen LogP contribution in [0.5, 0.6) is 0 Å². The molecule has 0 unspecified atom stereocenters. The minimum absolute atomic E-state index is 0. The molecular formula is C23H44IN5O. The number of hydrogen-bond donors (Lipinski definition) is 2. The first-order valence-electron chi connectivity index (χ1n) is 11.9. The van der Waals surface area contributed by atoms with Gasteiger partial charge >= 0.3 is 0 Å². The molecule has 30 heavy (non-hydrogen) atoms. The molecule has 6 nitrogen and oxygen atoms in total. The van der Waals surface area contributed by atoms with Crippen molar-refractivity contribution in [3.8, 4) is 0 Å². The Balaban J connectivity index is 0.00000320. The quantitative estimate of drug-likeness (QED) is 0.312. The fourth-order valence-corrected chi connectivity index (χ4v) is 5.63. The molecule has 0 spiro atoms. The summed E-state index contributed by atoms with van der Waals surface area (Å²) < 4.78 is 0. The number of rotatable bonds is 6. The van der Waals surface area contributed by atoms with Crippen LogP contribution in [0.3, 0.4) is 0 Å². The summed E-state index contributed by atoms with van der Waals surface area (Å²) in [6.07, 6.45) is 13.8. The fraction of sp³-hybridized carbons (Fsp3) is 0.913. The SMILES string of the molecule is CN=C(NCC1(C(=O)N(C)C)CCCC1)NC1CCN(CC2CCCCC2)CC1.I. The van der Waals surface area contributed by atoms with Gasteiger partial charge in [0.15, 0.2) is 5.96 Å². The summed E-state index contributed by atoms with van der Waals surface area (Å²) in [7, 11) is 5.58. The maximum Gasteiger partial charge on any atom is 0.230 e. The topological polar surface area (TPSA) is 60.0 Å². The lowest BCUT2D eigenvalue weighted by Gasteiger charge is -2.36. The molecule has 0 atom stereocenters. The Hall–Kier alpha value is -0.570. The molecule has 7 heteroatoms. The highest BCUT2D eigenvalue weighted by atomic mass is 127. The van der Waals surface area contributed by atoms with Crippen LogP contribution >= 0.6 is 24.0 Å². The average molecular weight is 534 g/mol. The molecule has 2 N–H and O–H groups in total. The van der Waals surface area contributed by atoms with Gasteiger partial charge in [0, 0.05) is 53.4 Å². The van der Waals surface area contributed by atoms with E-state index in [0.717, 1.165) is 37.6 Å². The Labute approximate surface area is 201 Å². The van der Waals surface area contributed by atoms with Gasteiger partial charge in [-0.15, -0.1) is 24.0 Å². The summed E-state index contributed by atoms with van der Waals surface area (Å²) in [6, 6.07) is 0.480. The second-order valence-electron chi connectivity index (χ2n) is 9.84. The minimum atomic E-state index is -0.259. The summed E-state index contributed by atoms with van der Waals surface area (Å²) in [5, 5.41) is 7.12. The van der Waals surface area contributed by atoms with Gasteiger partial charge in [-0.3, -0.25) is 9.79 Å². The van der Waals surface area contributed by atoms with Gasteiger partial charge in [-0.05, 0) is 44.4 Å².